The van der Waals surface area contributed by atoms with Gasteiger partial charge in [0.15, 0.2) is 0 Å². The largest absolute Gasteiger partial charge is 0.361 e. The molecule has 0 amide bonds. The Morgan fingerprint density at radius 2 is 1.95 bits per heavy atom. The normalized spacial score (nSPS) is 19.2. The first kappa shape index (κ1) is 13.6. The lowest BCUT2D eigenvalue weighted by Crippen LogP contribution is -2.47. The number of rotatable bonds is 2. The van der Waals surface area contributed by atoms with Crippen LogP contribution in [0.4, 0.5) is 5.69 Å². The highest BCUT2D eigenvalue weighted by atomic mass is 15.3. The number of benzene rings is 1. The average molecular weight is 278 g/mol. The molecule has 0 saturated carbocycles. The Morgan fingerprint density at radius 1 is 1.14 bits per heavy atom. The lowest BCUT2D eigenvalue weighted by molar-refractivity contribution is 0.269. The maximum absolute atomic E-state index is 8.87. The van der Waals surface area contributed by atoms with Crippen LogP contribution in [0.25, 0.3) is 0 Å². The summed E-state index contributed by atoms with van der Waals surface area (Å²) in [5, 5.41) is 8.87. The van der Waals surface area contributed by atoms with Crippen LogP contribution in [0.2, 0.25) is 0 Å². The third kappa shape index (κ3) is 2.88. The predicted molar refractivity (Wildman–Crippen MR) is 83.0 cm³/mol. The second kappa shape index (κ2) is 5.94. The number of piperazine rings is 1. The van der Waals surface area contributed by atoms with Gasteiger partial charge in [-0.25, -0.2) is 4.98 Å². The van der Waals surface area contributed by atoms with Crippen LogP contribution in [0.1, 0.15) is 17.3 Å². The first-order chi connectivity index (χ1) is 10.3. The van der Waals surface area contributed by atoms with Gasteiger partial charge in [-0.3, -0.25) is 0 Å². The Labute approximate surface area is 125 Å². The highest BCUT2D eigenvalue weighted by Gasteiger charge is 2.26. The van der Waals surface area contributed by atoms with Crippen molar-refractivity contribution in [2.75, 3.05) is 31.6 Å². The molecule has 1 fully saturated rings. The summed E-state index contributed by atoms with van der Waals surface area (Å²) < 4.78 is 0. The maximum Gasteiger partial charge on any atom is 0.140 e. The Bertz CT molecular complexity index is 630. The summed E-state index contributed by atoms with van der Waals surface area (Å²) in [6.45, 7) is 2.98. The minimum atomic E-state index is 0.319. The topological polar surface area (TPSA) is 43.2 Å². The molecule has 0 aliphatic carbocycles. The fourth-order valence-electron chi connectivity index (χ4n) is 2.81. The van der Waals surface area contributed by atoms with E-state index in [4.69, 9.17) is 5.26 Å². The van der Waals surface area contributed by atoms with Crippen LogP contribution in [0, 0.1) is 11.3 Å². The molecule has 1 aromatic carbocycles. The van der Waals surface area contributed by atoms with E-state index in [1.54, 1.807) is 12.3 Å². The van der Waals surface area contributed by atoms with Crippen LogP contribution in [-0.4, -0.2) is 36.6 Å². The predicted octanol–water partition coefficient (Wildman–Crippen LogP) is 2.45. The number of anilines is 1. The van der Waals surface area contributed by atoms with E-state index in [2.05, 4.69) is 52.2 Å². The molecule has 1 aromatic heterocycles. The Morgan fingerprint density at radius 3 is 2.62 bits per heavy atom. The number of pyridine rings is 1. The fraction of sp³-hybridized carbons (Fsp3) is 0.294. The van der Waals surface area contributed by atoms with Crippen LogP contribution in [0.5, 0.6) is 0 Å². The summed E-state index contributed by atoms with van der Waals surface area (Å²) in [7, 11) is 2.16. The first-order valence-corrected chi connectivity index (χ1v) is 7.14. The van der Waals surface area contributed by atoms with Crippen LogP contribution in [0.3, 0.4) is 0 Å². The van der Waals surface area contributed by atoms with E-state index in [-0.39, 0.29) is 0 Å². The van der Waals surface area contributed by atoms with E-state index in [0.29, 0.717) is 11.7 Å². The molecule has 0 radical (unpaired) electrons. The molecule has 1 unspecified atom stereocenters. The van der Waals surface area contributed by atoms with Gasteiger partial charge in [0.1, 0.15) is 11.8 Å². The molecule has 0 spiro atoms. The van der Waals surface area contributed by atoms with Gasteiger partial charge in [-0.1, -0.05) is 30.3 Å². The third-order valence-electron chi connectivity index (χ3n) is 3.96. The van der Waals surface area contributed by atoms with E-state index >= 15 is 0 Å². The summed E-state index contributed by atoms with van der Waals surface area (Å²) in [6.07, 6.45) is 1.81. The zero-order chi connectivity index (χ0) is 14.7. The van der Waals surface area contributed by atoms with Crippen LogP contribution >= 0.6 is 0 Å². The molecule has 1 atom stereocenters. The lowest BCUT2D eigenvalue weighted by atomic mass is 10.0. The van der Waals surface area contributed by atoms with Crippen LogP contribution in [-0.2, 0) is 0 Å². The van der Waals surface area contributed by atoms with Crippen molar-refractivity contribution in [1.29, 1.82) is 5.26 Å². The molecule has 1 saturated heterocycles. The van der Waals surface area contributed by atoms with Gasteiger partial charge in [0.25, 0.3) is 0 Å². The van der Waals surface area contributed by atoms with Gasteiger partial charge in [0, 0.05) is 19.6 Å². The van der Waals surface area contributed by atoms with Gasteiger partial charge in [-0.05, 0) is 24.7 Å². The smallest absolute Gasteiger partial charge is 0.140 e. The van der Waals surface area contributed by atoms with E-state index in [1.165, 1.54) is 5.56 Å². The Hall–Kier alpha value is -2.38. The number of nitriles is 1. The summed E-state index contributed by atoms with van der Waals surface area (Å²) in [6, 6.07) is 16.7. The average Bonchev–Trinajstić information content (AvgIpc) is 2.56. The molecular weight excluding hydrogens is 260 g/mol. The van der Waals surface area contributed by atoms with Crippen molar-refractivity contribution >= 4 is 5.69 Å². The fourth-order valence-corrected chi connectivity index (χ4v) is 2.81. The minimum absolute atomic E-state index is 0.319. The number of hydrogen-bond donors (Lipinski definition) is 0. The monoisotopic (exact) mass is 278 g/mol. The van der Waals surface area contributed by atoms with Crippen LogP contribution in [0.15, 0.2) is 48.7 Å². The molecular formula is C17H18N4. The molecule has 4 heteroatoms. The molecule has 2 heterocycles. The summed E-state index contributed by atoms with van der Waals surface area (Å²) in [5.74, 6) is 0. The highest BCUT2D eigenvalue weighted by molar-refractivity contribution is 5.49. The molecule has 21 heavy (non-hydrogen) atoms. The van der Waals surface area contributed by atoms with Crippen molar-refractivity contribution in [3.63, 3.8) is 0 Å². The number of nitrogens with zero attached hydrogens (tertiary/aromatic N) is 4. The zero-order valence-corrected chi connectivity index (χ0v) is 12.1. The van der Waals surface area contributed by atoms with E-state index in [0.717, 1.165) is 25.3 Å². The molecule has 3 rings (SSSR count). The number of hydrogen-bond acceptors (Lipinski definition) is 4. The first-order valence-electron chi connectivity index (χ1n) is 7.14. The van der Waals surface area contributed by atoms with E-state index in [9.17, 15) is 0 Å². The minimum Gasteiger partial charge on any atom is -0.361 e. The summed E-state index contributed by atoms with van der Waals surface area (Å²) >= 11 is 0. The van der Waals surface area contributed by atoms with E-state index in [1.807, 2.05) is 12.1 Å². The quantitative estimate of drug-likeness (QED) is 0.846. The standard InChI is InChI=1S/C17H18N4/c1-20-9-10-21(16-8-7-15(11-18)19-12-16)17(13-20)14-5-3-2-4-6-14/h2-8,12,17H,9-10,13H2,1H3. The molecule has 106 valence electrons. The van der Waals surface area contributed by atoms with Crippen molar-refractivity contribution in [2.24, 2.45) is 0 Å². The van der Waals surface area contributed by atoms with Gasteiger partial charge in [0.2, 0.25) is 0 Å². The molecule has 0 N–H and O–H groups in total. The third-order valence-corrected chi connectivity index (χ3v) is 3.96. The molecule has 2 aromatic rings. The van der Waals surface area contributed by atoms with Gasteiger partial charge >= 0.3 is 0 Å². The Kier molecular flexibility index (Phi) is 3.85. The highest BCUT2D eigenvalue weighted by Crippen LogP contribution is 2.29. The molecule has 1 aliphatic heterocycles. The van der Waals surface area contributed by atoms with Crippen LogP contribution < -0.4 is 4.90 Å². The lowest BCUT2D eigenvalue weighted by Gasteiger charge is -2.41. The SMILES string of the molecule is CN1CCN(c2ccc(C#N)nc2)C(c2ccccc2)C1. The second-order valence-electron chi connectivity index (χ2n) is 5.40. The Balaban J connectivity index is 1.92. The second-order valence-corrected chi connectivity index (χ2v) is 5.40. The van der Waals surface area contributed by atoms with Crippen molar-refractivity contribution < 1.29 is 0 Å². The van der Waals surface area contributed by atoms with Crippen molar-refractivity contribution in [3.8, 4) is 6.07 Å². The summed E-state index contributed by atoms with van der Waals surface area (Å²) in [5.41, 5.74) is 2.86. The van der Waals surface area contributed by atoms with Gasteiger partial charge < -0.3 is 9.80 Å². The van der Waals surface area contributed by atoms with E-state index < -0.39 is 0 Å². The zero-order valence-electron chi connectivity index (χ0n) is 12.1. The van der Waals surface area contributed by atoms with Gasteiger partial charge in [-0.15, -0.1) is 0 Å². The van der Waals surface area contributed by atoms with Crippen molar-refractivity contribution in [2.45, 2.75) is 6.04 Å². The molecule has 4 nitrogen and oxygen atoms in total. The molecule has 0 bridgehead atoms. The number of aromatic nitrogens is 1. The summed E-state index contributed by atoms with van der Waals surface area (Å²) in [4.78, 5) is 8.93. The van der Waals surface area contributed by atoms with Gasteiger partial charge in [-0.2, -0.15) is 5.26 Å². The van der Waals surface area contributed by atoms with Gasteiger partial charge in [0.05, 0.1) is 17.9 Å². The maximum atomic E-state index is 8.87. The van der Waals surface area contributed by atoms with Crippen molar-refractivity contribution in [3.05, 3.63) is 59.9 Å². The van der Waals surface area contributed by atoms with Crippen molar-refractivity contribution in [1.82, 2.24) is 9.88 Å². The molecule has 1 aliphatic rings. The number of likely N-dealkylation sites (N-methyl/N-ethyl adjacent to an activating group) is 1.